The number of hydrogen-bond donors (Lipinski definition) is 2. The van der Waals surface area contributed by atoms with Gasteiger partial charge in [0.25, 0.3) is 0 Å². The quantitative estimate of drug-likeness (QED) is 0.396. The summed E-state index contributed by atoms with van der Waals surface area (Å²) >= 11 is 0. The molecule has 0 unspecified atom stereocenters. The number of benzene rings is 1. The summed E-state index contributed by atoms with van der Waals surface area (Å²) in [4.78, 5) is 32.8. The average Bonchev–Trinajstić information content (AvgIpc) is 3.29. The summed E-state index contributed by atoms with van der Waals surface area (Å²) in [6, 6.07) is 13.9. The van der Waals surface area contributed by atoms with E-state index < -0.39 is 5.60 Å². The first kappa shape index (κ1) is 25.2. The Morgan fingerprint density at radius 1 is 1.13 bits per heavy atom. The summed E-state index contributed by atoms with van der Waals surface area (Å²) in [5.41, 5.74) is 4.56. The first-order chi connectivity index (χ1) is 18.3. The van der Waals surface area contributed by atoms with Crippen LogP contribution in [0.1, 0.15) is 31.9 Å². The van der Waals surface area contributed by atoms with Gasteiger partial charge in [-0.25, -0.2) is 14.8 Å². The maximum atomic E-state index is 12.3. The molecule has 1 aliphatic rings. The fourth-order valence-corrected chi connectivity index (χ4v) is 4.41. The van der Waals surface area contributed by atoms with Crippen LogP contribution < -0.4 is 5.32 Å². The van der Waals surface area contributed by atoms with Crippen LogP contribution in [0.25, 0.3) is 22.2 Å². The van der Waals surface area contributed by atoms with Crippen molar-refractivity contribution in [3.63, 3.8) is 0 Å². The zero-order chi connectivity index (χ0) is 26.7. The Kier molecular flexibility index (Phi) is 6.94. The van der Waals surface area contributed by atoms with Gasteiger partial charge >= 0.3 is 6.09 Å². The van der Waals surface area contributed by atoms with E-state index in [1.54, 1.807) is 23.5 Å². The Labute approximate surface area is 221 Å². The zero-order valence-electron chi connectivity index (χ0n) is 21.7. The molecule has 1 aromatic carbocycles. The molecular weight excluding hydrogens is 480 g/mol. The van der Waals surface area contributed by atoms with Gasteiger partial charge in [0.05, 0.1) is 16.6 Å². The van der Waals surface area contributed by atoms with Crippen molar-refractivity contribution in [2.75, 3.05) is 31.5 Å². The van der Waals surface area contributed by atoms with E-state index in [0.717, 1.165) is 47.4 Å². The monoisotopic (exact) mass is 510 g/mol. The summed E-state index contributed by atoms with van der Waals surface area (Å²) in [5.74, 6) is 1.28. The maximum absolute atomic E-state index is 12.3. The number of rotatable bonds is 5. The third-order valence-electron chi connectivity index (χ3n) is 6.24. The fourth-order valence-electron chi connectivity index (χ4n) is 4.41. The lowest BCUT2D eigenvalue weighted by Gasteiger charge is -2.35. The molecule has 1 saturated heterocycles. The van der Waals surface area contributed by atoms with Crippen LogP contribution in [0, 0.1) is 11.3 Å². The number of carbonyl (C=O) groups excluding carboxylic acids is 1. The number of amides is 1. The number of aromatic amines is 1. The van der Waals surface area contributed by atoms with E-state index in [9.17, 15) is 10.1 Å². The third-order valence-corrected chi connectivity index (χ3v) is 6.24. The number of H-pyrrole nitrogens is 1. The minimum Gasteiger partial charge on any atom is -0.444 e. The Morgan fingerprint density at radius 2 is 1.95 bits per heavy atom. The van der Waals surface area contributed by atoms with Crippen molar-refractivity contribution in [2.45, 2.75) is 32.9 Å². The summed E-state index contributed by atoms with van der Waals surface area (Å²) < 4.78 is 5.49. The molecule has 0 spiro atoms. The number of nitrogens with one attached hydrogen (secondary N) is 2. The number of nitrogens with zero attached hydrogens (tertiary/aromatic N) is 6. The van der Waals surface area contributed by atoms with E-state index in [1.807, 2.05) is 57.2 Å². The SMILES string of the molecule is CC(C)(C)OC(=O)N1CCN(Cc2ccnc(Nc3nc4ccc(-c5ccncc5C#N)cc4[nH]3)c2)CC1. The molecule has 5 rings (SSSR count). The zero-order valence-corrected chi connectivity index (χ0v) is 21.7. The van der Waals surface area contributed by atoms with Crippen LogP contribution in [0.5, 0.6) is 0 Å². The van der Waals surface area contributed by atoms with Crippen molar-refractivity contribution in [1.29, 1.82) is 5.26 Å². The lowest BCUT2D eigenvalue weighted by Crippen LogP contribution is -2.49. The number of fused-ring (bicyclic) bond motifs is 1. The number of aromatic nitrogens is 4. The van der Waals surface area contributed by atoms with Gasteiger partial charge < -0.3 is 19.9 Å². The van der Waals surface area contributed by atoms with Gasteiger partial charge in [-0.15, -0.1) is 0 Å². The van der Waals surface area contributed by atoms with Crippen molar-refractivity contribution in [2.24, 2.45) is 0 Å². The van der Waals surface area contributed by atoms with Crippen LogP contribution in [0.4, 0.5) is 16.6 Å². The molecule has 194 valence electrons. The minimum absolute atomic E-state index is 0.253. The largest absolute Gasteiger partial charge is 0.444 e. The lowest BCUT2D eigenvalue weighted by molar-refractivity contribution is 0.0139. The smallest absolute Gasteiger partial charge is 0.410 e. The normalized spacial score (nSPS) is 14.3. The molecule has 10 heteroatoms. The predicted octanol–water partition coefficient (Wildman–Crippen LogP) is 4.69. The number of ether oxygens (including phenoxy) is 1. The summed E-state index contributed by atoms with van der Waals surface area (Å²) in [7, 11) is 0. The predicted molar refractivity (Wildman–Crippen MR) is 145 cm³/mol. The second kappa shape index (κ2) is 10.5. The first-order valence-corrected chi connectivity index (χ1v) is 12.5. The van der Waals surface area contributed by atoms with Crippen LogP contribution >= 0.6 is 0 Å². The highest BCUT2D eigenvalue weighted by molar-refractivity contribution is 5.85. The summed E-state index contributed by atoms with van der Waals surface area (Å²) in [5, 5.41) is 12.7. The van der Waals surface area contributed by atoms with Crippen LogP contribution in [-0.2, 0) is 11.3 Å². The molecule has 1 fully saturated rings. The first-order valence-electron chi connectivity index (χ1n) is 12.5. The fraction of sp³-hybridized carbons (Fsp3) is 0.321. The Balaban J connectivity index is 1.23. The molecule has 3 aromatic heterocycles. The standard InChI is InChI=1S/C28H30N8O2/c1-28(2,3)38-27(37)36-12-10-35(11-13-36)18-19-6-9-31-25(14-19)34-26-32-23-5-4-20(15-24(23)33-26)22-7-8-30-17-21(22)16-29/h4-9,14-15,17H,10-13,18H2,1-3H3,(H2,31,32,33,34). The van der Waals surface area contributed by atoms with Crippen molar-refractivity contribution >= 4 is 28.9 Å². The summed E-state index contributed by atoms with van der Waals surface area (Å²) in [6.45, 7) is 9.24. The number of hydrogen-bond acceptors (Lipinski definition) is 8. The van der Waals surface area contributed by atoms with Crippen LogP contribution in [0.15, 0.2) is 55.0 Å². The Morgan fingerprint density at radius 3 is 2.71 bits per heavy atom. The second-order valence-corrected chi connectivity index (χ2v) is 10.3. The van der Waals surface area contributed by atoms with Gasteiger partial charge in [-0.05, 0) is 62.2 Å². The molecule has 2 N–H and O–H groups in total. The summed E-state index contributed by atoms with van der Waals surface area (Å²) in [6.07, 6.45) is 4.78. The van der Waals surface area contributed by atoms with Crippen molar-refractivity contribution in [1.82, 2.24) is 29.7 Å². The van der Waals surface area contributed by atoms with Gasteiger partial charge in [0, 0.05) is 56.9 Å². The van der Waals surface area contributed by atoms with Gasteiger partial charge in [-0.3, -0.25) is 9.88 Å². The number of carbonyl (C=O) groups is 1. The topological polar surface area (TPSA) is 123 Å². The molecule has 4 heterocycles. The molecule has 0 atom stereocenters. The highest BCUT2D eigenvalue weighted by Gasteiger charge is 2.25. The molecule has 4 aromatic rings. The van der Waals surface area contributed by atoms with Gasteiger partial charge in [0.2, 0.25) is 5.95 Å². The third kappa shape index (κ3) is 5.90. The maximum Gasteiger partial charge on any atom is 0.410 e. The van der Waals surface area contributed by atoms with Crippen LogP contribution in [0.2, 0.25) is 0 Å². The van der Waals surface area contributed by atoms with E-state index in [4.69, 9.17) is 4.74 Å². The van der Waals surface area contributed by atoms with Crippen molar-refractivity contribution < 1.29 is 9.53 Å². The van der Waals surface area contributed by atoms with Gasteiger partial charge in [-0.1, -0.05) is 6.07 Å². The van der Waals surface area contributed by atoms with E-state index in [1.165, 1.54) is 0 Å². The number of anilines is 2. The van der Waals surface area contributed by atoms with Crippen molar-refractivity contribution in [3.8, 4) is 17.2 Å². The molecule has 0 bridgehead atoms. The lowest BCUT2D eigenvalue weighted by atomic mass is 10.0. The van der Waals surface area contributed by atoms with Crippen molar-refractivity contribution in [3.05, 3.63) is 66.1 Å². The second-order valence-electron chi connectivity index (χ2n) is 10.3. The number of piperazine rings is 1. The van der Waals surface area contributed by atoms with Crippen LogP contribution in [-0.4, -0.2) is 67.6 Å². The molecule has 0 aliphatic carbocycles. The number of nitriles is 1. The Hall–Kier alpha value is -4.49. The molecule has 0 saturated carbocycles. The van der Waals surface area contributed by atoms with Crippen LogP contribution in [0.3, 0.4) is 0 Å². The molecular formula is C28H30N8O2. The molecule has 38 heavy (non-hydrogen) atoms. The van der Waals surface area contributed by atoms with E-state index in [-0.39, 0.29) is 6.09 Å². The highest BCUT2D eigenvalue weighted by Crippen LogP contribution is 2.27. The Bertz CT molecular complexity index is 1490. The van der Waals surface area contributed by atoms with E-state index in [0.29, 0.717) is 30.4 Å². The molecule has 10 nitrogen and oxygen atoms in total. The minimum atomic E-state index is -0.489. The molecule has 1 aliphatic heterocycles. The van der Waals surface area contributed by atoms with E-state index >= 15 is 0 Å². The highest BCUT2D eigenvalue weighted by atomic mass is 16.6. The number of pyridine rings is 2. The van der Waals surface area contributed by atoms with Gasteiger partial charge in [-0.2, -0.15) is 5.26 Å². The average molecular weight is 511 g/mol. The van der Waals surface area contributed by atoms with Gasteiger partial charge in [0.15, 0.2) is 0 Å². The molecule has 1 amide bonds. The molecule has 0 radical (unpaired) electrons. The number of imidazole rings is 1. The van der Waals surface area contributed by atoms with E-state index in [2.05, 4.69) is 36.2 Å². The van der Waals surface area contributed by atoms with Gasteiger partial charge in [0.1, 0.15) is 17.5 Å².